The van der Waals surface area contributed by atoms with Gasteiger partial charge >= 0.3 is 0 Å². The van der Waals surface area contributed by atoms with E-state index in [0.717, 1.165) is 4.47 Å². The highest BCUT2D eigenvalue weighted by Crippen LogP contribution is 2.21. The Morgan fingerprint density at radius 2 is 1.71 bits per heavy atom. The molecule has 0 bridgehead atoms. The predicted molar refractivity (Wildman–Crippen MR) is 78.1 cm³/mol. The van der Waals surface area contributed by atoms with Gasteiger partial charge in [0, 0.05) is 23.6 Å². The molecule has 2 rings (SSSR count). The highest BCUT2D eigenvalue weighted by Gasteiger charge is 2.15. The SMILES string of the molecule is CC(C)N1CCC(=Cc2ccc(Br)cc2)CC1. The molecule has 1 aromatic carbocycles. The molecule has 1 aliphatic heterocycles. The minimum atomic E-state index is 0.684. The summed E-state index contributed by atoms with van der Waals surface area (Å²) in [5.74, 6) is 0. The molecule has 1 heterocycles. The molecule has 92 valence electrons. The van der Waals surface area contributed by atoms with Gasteiger partial charge in [0.25, 0.3) is 0 Å². The Bertz CT molecular complexity index is 382. The van der Waals surface area contributed by atoms with E-state index in [2.05, 4.69) is 65.0 Å². The summed E-state index contributed by atoms with van der Waals surface area (Å²) in [7, 11) is 0. The van der Waals surface area contributed by atoms with Crippen LogP contribution < -0.4 is 0 Å². The lowest BCUT2D eigenvalue weighted by atomic mass is 10.00. The lowest BCUT2D eigenvalue weighted by Crippen LogP contribution is -2.36. The summed E-state index contributed by atoms with van der Waals surface area (Å²) < 4.78 is 1.15. The Morgan fingerprint density at radius 3 is 2.24 bits per heavy atom. The fraction of sp³-hybridized carbons (Fsp3) is 0.467. The van der Waals surface area contributed by atoms with Gasteiger partial charge in [0.05, 0.1) is 0 Å². The van der Waals surface area contributed by atoms with Crippen LogP contribution in [0.25, 0.3) is 6.08 Å². The van der Waals surface area contributed by atoms with Crippen molar-refractivity contribution in [3.63, 3.8) is 0 Å². The first-order valence-electron chi connectivity index (χ1n) is 6.34. The molecule has 0 N–H and O–H groups in total. The molecular weight excluding hydrogens is 274 g/mol. The molecule has 0 atom stereocenters. The van der Waals surface area contributed by atoms with Crippen LogP contribution in [-0.2, 0) is 0 Å². The van der Waals surface area contributed by atoms with Crippen LogP contribution in [0.4, 0.5) is 0 Å². The van der Waals surface area contributed by atoms with Gasteiger partial charge in [0.15, 0.2) is 0 Å². The lowest BCUT2D eigenvalue weighted by molar-refractivity contribution is 0.208. The Balaban J connectivity index is 1.98. The summed E-state index contributed by atoms with van der Waals surface area (Å²) in [4.78, 5) is 2.55. The van der Waals surface area contributed by atoms with Crippen LogP contribution in [0, 0.1) is 0 Å². The summed E-state index contributed by atoms with van der Waals surface area (Å²) in [5, 5.41) is 0. The maximum absolute atomic E-state index is 3.47. The summed E-state index contributed by atoms with van der Waals surface area (Å²) in [6.45, 7) is 6.98. The standard InChI is InChI=1S/C15H20BrN/c1-12(2)17-9-7-14(8-10-17)11-13-3-5-15(16)6-4-13/h3-6,11-12H,7-10H2,1-2H3. The second-order valence-electron chi connectivity index (χ2n) is 4.98. The third-order valence-corrected chi connectivity index (χ3v) is 3.94. The van der Waals surface area contributed by atoms with Crippen molar-refractivity contribution in [2.45, 2.75) is 32.7 Å². The van der Waals surface area contributed by atoms with Crippen molar-refractivity contribution in [1.29, 1.82) is 0 Å². The summed E-state index contributed by atoms with van der Waals surface area (Å²) in [6.07, 6.45) is 4.78. The highest BCUT2D eigenvalue weighted by atomic mass is 79.9. The molecule has 2 heteroatoms. The summed E-state index contributed by atoms with van der Waals surface area (Å²) in [5.41, 5.74) is 2.91. The average Bonchev–Trinajstić information content (AvgIpc) is 2.33. The third-order valence-electron chi connectivity index (χ3n) is 3.41. The topological polar surface area (TPSA) is 3.24 Å². The average molecular weight is 294 g/mol. The van der Waals surface area contributed by atoms with Crippen molar-refractivity contribution in [3.05, 3.63) is 39.9 Å². The van der Waals surface area contributed by atoms with Gasteiger partial charge in [-0.15, -0.1) is 0 Å². The minimum Gasteiger partial charge on any atom is -0.300 e. The van der Waals surface area contributed by atoms with E-state index in [1.54, 1.807) is 5.57 Å². The van der Waals surface area contributed by atoms with Crippen LogP contribution in [0.15, 0.2) is 34.3 Å². The molecule has 1 aliphatic rings. The number of halogens is 1. The number of rotatable bonds is 2. The number of likely N-dealkylation sites (tertiary alicyclic amines) is 1. The Hall–Kier alpha value is -0.600. The molecule has 0 spiro atoms. The van der Waals surface area contributed by atoms with E-state index < -0.39 is 0 Å². The van der Waals surface area contributed by atoms with Crippen LogP contribution in [-0.4, -0.2) is 24.0 Å². The van der Waals surface area contributed by atoms with Crippen molar-refractivity contribution in [3.8, 4) is 0 Å². The van der Waals surface area contributed by atoms with E-state index in [0.29, 0.717) is 6.04 Å². The summed E-state index contributed by atoms with van der Waals surface area (Å²) in [6, 6.07) is 9.24. The molecule has 1 saturated heterocycles. The number of piperidine rings is 1. The fourth-order valence-corrected chi connectivity index (χ4v) is 2.53. The van der Waals surface area contributed by atoms with Crippen LogP contribution in [0.2, 0.25) is 0 Å². The maximum atomic E-state index is 3.47. The van der Waals surface area contributed by atoms with E-state index in [1.165, 1.54) is 31.5 Å². The van der Waals surface area contributed by atoms with Crippen LogP contribution in [0.5, 0.6) is 0 Å². The highest BCUT2D eigenvalue weighted by molar-refractivity contribution is 9.10. The van der Waals surface area contributed by atoms with Gasteiger partial charge in [-0.05, 0) is 44.4 Å². The zero-order valence-electron chi connectivity index (χ0n) is 10.6. The quantitative estimate of drug-likeness (QED) is 0.784. The first-order valence-corrected chi connectivity index (χ1v) is 7.13. The van der Waals surface area contributed by atoms with Gasteiger partial charge in [-0.2, -0.15) is 0 Å². The number of hydrogen-bond acceptors (Lipinski definition) is 1. The lowest BCUT2D eigenvalue weighted by Gasteiger charge is -2.31. The molecule has 0 aliphatic carbocycles. The molecule has 0 unspecified atom stereocenters. The van der Waals surface area contributed by atoms with Gasteiger partial charge in [-0.1, -0.05) is 39.7 Å². The van der Waals surface area contributed by atoms with Crippen molar-refractivity contribution in [2.75, 3.05) is 13.1 Å². The van der Waals surface area contributed by atoms with Crippen molar-refractivity contribution in [2.24, 2.45) is 0 Å². The zero-order chi connectivity index (χ0) is 12.3. The number of nitrogens with zero attached hydrogens (tertiary/aromatic N) is 1. The van der Waals surface area contributed by atoms with E-state index in [1.807, 2.05) is 0 Å². The van der Waals surface area contributed by atoms with E-state index in [-0.39, 0.29) is 0 Å². The smallest absolute Gasteiger partial charge is 0.0175 e. The molecule has 0 radical (unpaired) electrons. The molecule has 0 aromatic heterocycles. The largest absolute Gasteiger partial charge is 0.300 e. The van der Waals surface area contributed by atoms with Gasteiger partial charge < -0.3 is 4.90 Å². The Labute approximate surface area is 113 Å². The molecule has 0 amide bonds. The van der Waals surface area contributed by atoms with Crippen molar-refractivity contribution < 1.29 is 0 Å². The third kappa shape index (κ3) is 3.68. The molecule has 1 fully saturated rings. The normalized spacial score (nSPS) is 17.5. The monoisotopic (exact) mass is 293 g/mol. The van der Waals surface area contributed by atoms with E-state index >= 15 is 0 Å². The zero-order valence-corrected chi connectivity index (χ0v) is 12.2. The Morgan fingerprint density at radius 1 is 1.12 bits per heavy atom. The fourth-order valence-electron chi connectivity index (χ4n) is 2.27. The van der Waals surface area contributed by atoms with Crippen LogP contribution >= 0.6 is 15.9 Å². The van der Waals surface area contributed by atoms with Crippen LogP contribution in [0.3, 0.4) is 0 Å². The first kappa shape index (κ1) is 12.8. The number of hydrogen-bond donors (Lipinski definition) is 0. The second-order valence-corrected chi connectivity index (χ2v) is 5.90. The Kier molecular flexibility index (Phi) is 4.41. The first-order chi connectivity index (χ1) is 8.15. The molecule has 17 heavy (non-hydrogen) atoms. The van der Waals surface area contributed by atoms with E-state index in [4.69, 9.17) is 0 Å². The predicted octanol–water partition coefficient (Wildman–Crippen LogP) is 4.34. The summed E-state index contributed by atoms with van der Waals surface area (Å²) >= 11 is 3.47. The maximum Gasteiger partial charge on any atom is 0.0175 e. The molecule has 0 saturated carbocycles. The minimum absolute atomic E-state index is 0.684. The molecule has 1 nitrogen and oxygen atoms in total. The van der Waals surface area contributed by atoms with Gasteiger partial charge in [-0.3, -0.25) is 0 Å². The van der Waals surface area contributed by atoms with E-state index in [9.17, 15) is 0 Å². The van der Waals surface area contributed by atoms with Gasteiger partial charge in [0.2, 0.25) is 0 Å². The molecule has 1 aromatic rings. The molecular formula is C15H20BrN. The van der Waals surface area contributed by atoms with Crippen LogP contribution in [0.1, 0.15) is 32.3 Å². The number of benzene rings is 1. The van der Waals surface area contributed by atoms with Crippen molar-refractivity contribution >= 4 is 22.0 Å². The van der Waals surface area contributed by atoms with Crippen molar-refractivity contribution in [1.82, 2.24) is 4.90 Å². The van der Waals surface area contributed by atoms with Gasteiger partial charge in [-0.25, -0.2) is 0 Å². The second kappa shape index (κ2) is 5.83. The van der Waals surface area contributed by atoms with Gasteiger partial charge in [0.1, 0.15) is 0 Å².